The van der Waals surface area contributed by atoms with E-state index >= 15 is 0 Å². The van der Waals surface area contributed by atoms with Crippen LogP contribution in [0.3, 0.4) is 0 Å². The molecule has 0 fully saturated rings. The van der Waals surface area contributed by atoms with E-state index in [9.17, 15) is 9.18 Å². The van der Waals surface area contributed by atoms with E-state index in [1.165, 1.54) is 36.7 Å². The van der Waals surface area contributed by atoms with E-state index in [-0.39, 0.29) is 11.7 Å². The molecule has 0 N–H and O–H groups in total. The highest BCUT2D eigenvalue weighted by molar-refractivity contribution is 7.22. The summed E-state index contributed by atoms with van der Waals surface area (Å²) < 4.78 is 30.5. The predicted octanol–water partition coefficient (Wildman–Crippen LogP) is 4.85. The Bertz CT molecular complexity index is 1140. The number of halogens is 1. The largest absolute Gasteiger partial charge is 0.493 e. The van der Waals surface area contributed by atoms with Gasteiger partial charge >= 0.3 is 0 Å². The second kappa shape index (κ2) is 11.8. The molecular formula is C25H30FN3O4S. The Morgan fingerprint density at radius 3 is 2.29 bits per heavy atom. The number of fused-ring (bicyclic) bond motifs is 1. The lowest BCUT2D eigenvalue weighted by molar-refractivity contribution is -0.114. The van der Waals surface area contributed by atoms with Gasteiger partial charge in [-0.1, -0.05) is 25.2 Å². The molecule has 0 aliphatic heterocycles. The molecular weight excluding hydrogens is 457 g/mol. The standard InChI is InChI=1S/C25H30FN3O4S/c1-6-28(7-2)12-13-29(25-27-19-10-9-18(26)16-22(19)34-25)23(30)11-8-17-14-20(31-3)24(33-5)21(15-17)32-4/h8-11,14-16H,6-7,12-13H2,1-5H3/b11-8+. The maximum atomic E-state index is 13.7. The van der Waals surface area contributed by atoms with Gasteiger partial charge in [-0.2, -0.15) is 0 Å². The maximum absolute atomic E-state index is 13.7. The maximum Gasteiger partial charge on any atom is 0.252 e. The number of carbonyl (C=O) groups is 1. The number of hydrogen-bond donors (Lipinski definition) is 0. The molecule has 0 aliphatic carbocycles. The number of benzene rings is 2. The Labute approximate surface area is 203 Å². The summed E-state index contributed by atoms with van der Waals surface area (Å²) in [5, 5.41) is 0.535. The zero-order chi connectivity index (χ0) is 24.7. The summed E-state index contributed by atoms with van der Waals surface area (Å²) in [6, 6.07) is 7.98. The first-order valence-corrected chi connectivity index (χ1v) is 11.8. The van der Waals surface area contributed by atoms with Crippen LogP contribution in [0, 0.1) is 5.82 Å². The molecule has 3 rings (SSSR count). The summed E-state index contributed by atoms with van der Waals surface area (Å²) in [5.74, 6) is 0.934. The van der Waals surface area contributed by atoms with Crippen molar-refractivity contribution in [2.75, 3.05) is 52.4 Å². The Balaban J connectivity index is 1.92. The molecule has 0 saturated carbocycles. The SMILES string of the molecule is CCN(CC)CCN(C(=O)/C=C/c1cc(OC)c(OC)c(OC)c1)c1nc2ccc(F)cc2s1. The number of likely N-dealkylation sites (N-methyl/N-ethyl adjacent to an activating group) is 1. The number of hydrogen-bond acceptors (Lipinski definition) is 7. The summed E-state index contributed by atoms with van der Waals surface area (Å²) in [4.78, 5) is 21.8. The average Bonchev–Trinajstić information content (AvgIpc) is 3.27. The Kier molecular flexibility index (Phi) is 8.84. The van der Waals surface area contributed by atoms with E-state index in [0.717, 1.165) is 18.7 Å². The molecule has 0 bridgehead atoms. The van der Waals surface area contributed by atoms with Crippen molar-refractivity contribution in [3.63, 3.8) is 0 Å². The van der Waals surface area contributed by atoms with Gasteiger partial charge in [0.05, 0.1) is 31.5 Å². The van der Waals surface area contributed by atoms with Crippen molar-refractivity contribution in [1.29, 1.82) is 0 Å². The molecule has 0 radical (unpaired) electrons. The van der Waals surface area contributed by atoms with Crippen LogP contribution in [0.1, 0.15) is 19.4 Å². The molecule has 0 atom stereocenters. The minimum absolute atomic E-state index is 0.222. The van der Waals surface area contributed by atoms with Crippen molar-refractivity contribution >= 4 is 38.7 Å². The number of carbonyl (C=O) groups excluding carboxylic acids is 1. The summed E-state index contributed by atoms with van der Waals surface area (Å²) in [7, 11) is 4.62. The monoisotopic (exact) mass is 487 g/mol. The van der Waals surface area contributed by atoms with E-state index in [1.807, 2.05) is 0 Å². The molecule has 0 aliphatic rings. The van der Waals surface area contributed by atoms with Crippen molar-refractivity contribution in [3.8, 4) is 17.2 Å². The number of thiazole rings is 1. The summed E-state index contributed by atoms with van der Waals surface area (Å²) >= 11 is 1.30. The number of ether oxygens (including phenoxy) is 3. The van der Waals surface area contributed by atoms with Gasteiger partial charge in [0.15, 0.2) is 16.6 Å². The van der Waals surface area contributed by atoms with Crippen LogP contribution in [0.25, 0.3) is 16.3 Å². The minimum atomic E-state index is -0.328. The molecule has 0 saturated heterocycles. The van der Waals surface area contributed by atoms with E-state index in [1.54, 1.807) is 43.4 Å². The normalized spacial score (nSPS) is 11.4. The first-order chi connectivity index (χ1) is 16.4. The molecule has 1 aromatic heterocycles. The van der Waals surface area contributed by atoms with E-state index in [4.69, 9.17) is 14.2 Å². The number of amides is 1. The lowest BCUT2D eigenvalue weighted by Crippen LogP contribution is -2.38. The minimum Gasteiger partial charge on any atom is -0.493 e. The molecule has 182 valence electrons. The molecule has 0 spiro atoms. The number of aromatic nitrogens is 1. The number of methoxy groups -OCH3 is 3. The van der Waals surface area contributed by atoms with Crippen LogP contribution in [0.15, 0.2) is 36.4 Å². The molecule has 9 heteroatoms. The fraction of sp³-hybridized carbons (Fsp3) is 0.360. The predicted molar refractivity (Wildman–Crippen MR) is 135 cm³/mol. The van der Waals surface area contributed by atoms with Gasteiger partial charge in [-0.05, 0) is 55.1 Å². The fourth-order valence-electron chi connectivity index (χ4n) is 3.54. The van der Waals surface area contributed by atoms with Crippen LogP contribution in [-0.4, -0.2) is 63.3 Å². The Morgan fingerprint density at radius 2 is 1.71 bits per heavy atom. The highest BCUT2D eigenvalue weighted by Gasteiger charge is 2.19. The van der Waals surface area contributed by atoms with Gasteiger partial charge in [0.2, 0.25) is 5.75 Å². The van der Waals surface area contributed by atoms with Gasteiger partial charge in [-0.25, -0.2) is 9.37 Å². The lowest BCUT2D eigenvalue weighted by Gasteiger charge is -2.23. The summed E-state index contributed by atoms with van der Waals surface area (Å²) in [5.41, 5.74) is 1.38. The lowest BCUT2D eigenvalue weighted by atomic mass is 10.1. The van der Waals surface area contributed by atoms with Crippen molar-refractivity contribution in [1.82, 2.24) is 9.88 Å². The van der Waals surface area contributed by atoms with E-state index in [2.05, 4.69) is 23.7 Å². The van der Waals surface area contributed by atoms with Crippen LogP contribution in [0.5, 0.6) is 17.2 Å². The quantitative estimate of drug-likeness (QED) is 0.360. The van der Waals surface area contributed by atoms with Crippen molar-refractivity contribution in [2.24, 2.45) is 0 Å². The zero-order valence-corrected chi connectivity index (χ0v) is 20.9. The zero-order valence-electron chi connectivity index (χ0n) is 20.1. The fourth-order valence-corrected chi connectivity index (χ4v) is 4.56. The van der Waals surface area contributed by atoms with E-state index < -0.39 is 0 Å². The van der Waals surface area contributed by atoms with Crippen LogP contribution < -0.4 is 19.1 Å². The Hall–Kier alpha value is -3.17. The third kappa shape index (κ3) is 5.84. The van der Waals surface area contributed by atoms with Gasteiger partial charge < -0.3 is 19.1 Å². The molecule has 0 unspecified atom stereocenters. The first-order valence-electron chi connectivity index (χ1n) is 11.0. The molecule has 1 amide bonds. The molecule has 3 aromatic rings. The third-order valence-electron chi connectivity index (χ3n) is 5.48. The average molecular weight is 488 g/mol. The smallest absolute Gasteiger partial charge is 0.252 e. The second-order valence-corrected chi connectivity index (χ2v) is 8.43. The summed E-state index contributed by atoms with van der Waals surface area (Å²) in [6.45, 7) is 7.08. The molecule has 2 aromatic carbocycles. The molecule has 7 nitrogen and oxygen atoms in total. The van der Waals surface area contributed by atoms with Gasteiger partial charge in [0.1, 0.15) is 5.82 Å². The molecule has 1 heterocycles. The van der Waals surface area contributed by atoms with Gasteiger partial charge in [-0.15, -0.1) is 0 Å². The first kappa shape index (κ1) is 25.5. The third-order valence-corrected chi connectivity index (χ3v) is 6.52. The van der Waals surface area contributed by atoms with E-state index in [0.29, 0.717) is 45.7 Å². The highest BCUT2D eigenvalue weighted by Crippen LogP contribution is 2.38. The van der Waals surface area contributed by atoms with Crippen LogP contribution in [0.4, 0.5) is 9.52 Å². The van der Waals surface area contributed by atoms with Crippen LogP contribution in [-0.2, 0) is 4.79 Å². The Morgan fingerprint density at radius 1 is 1.03 bits per heavy atom. The topological polar surface area (TPSA) is 64.1 Å². The molecule has 34 heavy (non-hydrogen) atoms. The van der Waals surface area contributed by atoms with Crippen molar-refractivity contribution in [3.05, 3.63) is 47.8 Å². The number of rotatable bonds is 11. The van der Waals surface area contributed by atoms with Crippen molar-refractivity contribution < 1.29 is 23.4 Å². The second-order valence-electron chi connectivity index (χ2n) is 7.42. The van der Waals surface area contributed by atoms with Crippen LogP contribution in [0.2, 0.25) is 0 Å². The summed E-state index contributed by atoms with van der Waals surface area (Å²) in [6.07, 6.45) is 3.19. The number of nitrogens with zero attached hydrogens (tertiary/aromatic N) is 3. The number of anilines is 1. The van der Waals surface area contributed by atoms with Gasteiger partial charge in [-0.3, -0.25) is 9.69 Å². The van der Waals surface area contributed by atoms with Crippen molar-refractivity contribution in [2.45, 2.75) is 13.8 Å². The van der Waals surface area contributed by atoms with Gasteiger partial charge in [0, 0.05) is 19.2 Å². The highest BCUT2D eigenvalue weighted by atomic mass is 32.1. The van der Waals surface area contributed by atoms with Crippen LogP contribution >= 0.6 is 11.3 Å². The van der Waals surface area contributed by atoms with Gasteiger partial charge in [0.25, 0.3) is 5.91 Å².